The Bertz CT molecular complexity index is 1030. The van der Waals surface area contributed by atoms with Crippen molar-refractivity contribution in [3.05, 3.63) is 57.3 Å². The number of aromatic nitrogens is 4. The molecule has 1 amide bonds. The molecule has 0 fully saturated rings. The third kappa shape index (κ3) is 3.12. The van der Waals surface area contributed by atoms with E-state index >= 15 is 0 Å². The van der Waals surface area contributed by atoms with Gasteiger partial charge in [-0.05, 0) is 38.8 Å². The lowest BCUT2D eigenvalue weighted by molar-refractivity contribution is 0.0948. The van der Waals surface area contributed by atoms with Gasteiger partial charge in [-0.25, -0.2) is 4.68 Å². The number of carbonyl (C=O) groups excluding carboxylic acids is 1. The highest BCUT2D eigenvalue weighted by molar-refractivity contribution is 6.04. The zero-order chi connectivity index (χ0) is 18.8. The van der Waals surface area contributed by atoms with Crippen LogP contribution in [0.25, 0.3) is 10.8 Å². The summed E-state index contributed by atoms with van der Waals surface area (Å²) in [6.45, 7) is 6.71. The molecular formula is C19H23N5O2. The number of nitrogens with one attached hydrogen (secondary N) is 1. The lowest BCUT2D eigenvalue weighted by atomic mass is 10.1. The van der Waals surface area contributed by atoms with Crippen LogP contribution in [0.3, 0.4) is 0 Å². The maximum atomic E-state index is 12.7. The van der Waals surface area contributed by atoms with E-state index < -0.39 is 0 Å². The molecule has 0 aliphatic carbocycles. The zero-order valence-corrected chi connectivity index (χ0v) is 15.5. The average Bonchev–Trinajstić information content (AvgIpc) is 2.88. The van der Waals surface area contributed by atoms with Crippen molar-refractivity contribution in [3.63, 3.8) is 0 Å². The SMILES string of the molecule is CCn1nc(C(=O)NCCc2c(C)nn(C)c2C)c2ccccc2c1=O. The van der Waals surface area contributed by atoms with Crippen LogP contribution in [0.15, 0.2) is 29.1 Å². The minimum Gasteiger partial charge on any atom is -0.350 e. The zero-order valence-electron chi connectivity index (χ0n) is 15.5. The van der Waals surface area contributed by atoms with Crippen LogP contribution in [0.4, 0.5) is 0 Å². The van der Waals surface area contributed by atoms with Gasteiger partial charge in [0.2, 0.25) is 0 Å². The van der Waals surface area contributed by atoms with Gasteiger partial charge in [-0.3, -0.25) is 14.3 Å². The molecule has 0 bridgehead atoms. The monoisotopic (exact) mass is 353 g/mol. The Hall–Kier alpha value is -2.96. The van der Waals surface area contributed by atoms with Gasteiger partial charge in [0.1, 0.15) is 0 Å². The maximum Gasteiger partial charge on any atom is 0.274 e. The van der Waals surface area contributed by atoms with Gasteiger partial charge in [-0.1, -0.05) is 18.2 Å². The van der Waals surface area contributed by atoms with E-state index in [0.29, 0.717) is 30.3 Å². The lowest BCUT2D eigenvalue weighted by Gasteiger charge is -2.10. The van der Waals surface area contributed by atoms with E-state index in [1.54, 1.807) is 24.3 Å². The second kappa shape index (κ2) is 7.11. The van der Waals surface area contributed by atoms with Gasteiger partial charge < -0.3 is 5.32 Å². The highest BCUT2D eigenvalue weighted by Crippen LogP contribution is 2.14. The van der Waals surface area contributed by atoms with Gasteiger partial charge >= 0.3 is 0 Å². The molecule has 0 aliphatic heterocycles. The summed E-state index contributed by atoms with van der Waals surface area (Å²) < 4.78 is 3.17. The van der Waals surface area contributed by atoms with E-state index in [1.807, 2.05) is 32.5 Å². The van der Waals surface area contributed by atoms with Crippen LogP contribution in [0, 0.1) is 13.8 Å². The van der Waals surface area contributed by atoms with Crippen LogP contribution in [-0.2, 0) is 20.0 Å². The molecule has 0 radical (unpaired) electrons. The summed E-state index contributed by atoms with van der Waals surface area (Å²) in [5.74, 6) is -0.275. The molecular weight excluding hydrogens is 330 g/mol. The summed E-state index contributed by atoms with van der Waals surface area (Å²) in [5, 5.41) is 12.7. The third-order valence-electron chi connectivity index (χ3n) is 4.70. The summed E-state index contributed by atoms with van der Waals surface area (Å²) in [7, 11) is 1.91. The molecule has 7 heteroatoms. The summed E-state index contributed by atoms with van der Waals surface area (Å²) >= 11 is 0. The third-order valence-corrected chi connectivity index (χ3v) is 4.70. The summed E-state index contributed by atoms with van der Waals surface area (Å²) in [5.41, 5.74) is 3.31. The fraction of sp³-hybridized carbons (Fsp3) is 0.368. The van der Waals surface area contributed by atoms with Crippen LogP contribution in [0.2, 0.25) is 0 Å². The van der Waals surface area contributed by atoms with E-state index in [2.05, 4.69) is 15.5 Å². The van der Waals surface area contributed by atoms with Gasteiger partial charge in [0.15, 0.2) is 5.69 Å². The number of fused-ring (bicyclic) bond motifs is 1. The molecule has 26 heavy (non-hydrogen) atoms. The lowest BCUT2D eigenvalue weighted by Crippen LogP contribution is -2.31. The highest BCUT2D eigenvalue weighted by Gasteiger charge is 2.16. The molecule has 0 atom stereocenters. The number of benzene rings is 1. The van der Waals surface area contributed by atoms with Crippen molar-refractivity contribution < 1.29 is 4.79 Å². The highest BCUT2D eigenvalue weighted by atomic mass is 16.2. The molecule has 0 saturated heterocycles. The Morgan fingerprint density at radius 3 is 2.46 bits per heavy atom. The molecule has 0 unspecified atom stereocenters. The minimum atomic E-state index is -0.275. The van der Waals surface area contributed by atoms with Crippen molar-refractivity contribution >= 4 is 16.7 Å². The first-order chi connectivity index (χ1) is 12.4. The molecule has 7 nitrogen and oxygen atoms in total. The van der Waals surface area contributed by atoms with E-state index in [4.69, 9.17) is 0 Å². The van der Waals surface area contributed by atoms with Gasteiger partial charge in [0, 0.05) is 31.2 Å². The van der Waals surface area contributed by atoms with Crippen LogP contribution >= 0.6 is 0 Å². The molecule has 2 aromatic heterocycles. The van der Waals surface area contributed by atoms with Crippen LogP contribution < -0.4 is 10.9 Å². The predicted octanol–water partition coefficient (Wildman–Crippen LogP) is 1.74. The molecule has 3 rings (SSSR count). The molecule has 2 heterocycles. The van der Waals surface area contributed by atoms with Gasteiger partial charge in [-0.15, -0.1) is 0 Å². The Kier molecular flexibility index (Phi) is 4.88. The number of amides is 1. The topological polar surface area (TPSA) is 81.8 Å². The minimum absolute atomic E-state index is 0.179. The molecule has 0 spiro atoms. The van der Waals surface area contributed by atoms with Crippen molar-refractivity contribution in [2.45, 2.75) is 33.7 Å². The summed E-state index contributed by atoms with van der Waals surface area (Å²) in [4.78, 5) is 25.1. The van der Waals surface area contributed by atoms with Gasteiger partial charge in [-0.2, -0.15) is 10.2 Å². The fourth-order valence-electron chi connectivity index (χ4n) is 3.18. The maximum absolute atomic E-state index is 12.7. The molecule has 1 aromatic carbocycles. The fourth-order valence-corrected chi connectivity index (χ4v) is 3.18. The summed E-state index contributed by atoms with van der Waals surface area (Å²) in [6, 6.07) is 7.08. The van der Waals surface area contributed by atoms with E-state index in [0.717, 1.165) is 17.0 Å². The smallest absolute Gasteiger partial charge is 0.274 e. The van der Waals surface area contributed by atoms with Crippen LogP contribution in [-0.4, -0.2) is 32.0 Å². The molecule has 0 aliphatic rings. The van der Waals surface area contributed by atoms with E-state index in [1.165, 1.54) is 4.68 Å². The van der Waals surface area contributed by atoms with E-state index in [9.17, 15) is 9.59 Å². The first-order valence-electron chi connectivity index (χ1n) is 8.71. The Labute approximate surface area is 151 Å². The molecule has 136 valence electrons. The Morgan fingerprint density at radius 2 is 1.85 bits per heavy atom. The second-order valence-corrected chi connectivity index (χ2v) is 6.29. The number of carbonyl (C=O) groups is 1. The van der Waals surface area contributed by atoms with Crippen molar-refractivity contribution in [3.8, 4) is 0 Å². The number of rotatable bonds is 5. The number of hydrogen-bond acceptors (Lipinski definition) is 4. The van der Waals surface area contributed by atoms with Crippen molar-refractivity contribution in [1.82, 2.24) is 24.9 Å². The molecule has 1 N–H and O–H groups in total. The van der Waals surface area contributed by atoms with Crippen molar-refractivity contribution in [1.29, 1.82) is 0 Å². The van der Waals surface area contributed by atoms with Crippen molar-refractivity contribution in [2.24, 2.45) is 7.05 Å². The van der Waals surface area contributed by atoms with Gasteiger partial charge in [0.05, 0.1) is 11.1 Å². The quantitative estimate of drug-likeness (QED) is 0.757. The Morgan fingerprint density at radius 1 is 1.15 bits per heavy atom. The standard InChI is InChI=1S/C19H23N5O2/c1-5-24-19(26)16-9-7-6-8-15(16)17(22-24)18(25)20-11-10-14-12(2)21-23(4)13(14)3/h6-9H,5,10-11H2,1-4H3,(H,20,25). The molecule has 0 saturated carbocycles. The Balaban J connectivity index is 1.84. The van der Waals surface area contributed by atoms with Gasteiger partial charge in [0.25, 0.3) is 11.5 Å². The number of hydrogen-bond donors (Lipinski definition) is 1. The first kappa shape index (κ1) is 17.8. The largest absolute Gasteiger partial charge is 0.350 e. The first-order valence-corrected chi connectivity index (χ1v) is 8.71. The normalized spacial score (nSPS) is 11.1. The second-order valence-electron chi connectivity index (χ2n) is 6.29. The van der Waals surface area contributed by atoms with Crippen molar-refractivity contribution in [2.75, 3.05) is 6.54 Å². The van der Waals surface area contributed by atoms with Crippen LogP contribution in [0.5, 0.6) is 0 Å². The number of nitrogens with zero attached hydrogens (tertiary/aromatic N) is 4. The summed E-state index contributed by atoms with van der Waals surface area (Å²) in [6.07, 6.45) is 0.697. The van der Waals surface area contributed by atoms with Crippen LogP contribution in [0.1, 0.15) is 34.4 Å². The number of aryl methyl sites for hydroxylation is 3. The predicted molar refractivity (Wildman–Crippen MR) is 100 cm³/mol. The van der Waals surface area contributed by atoms with E-state index in [-0.39, 0.29) is 17.2 Å². The average molecular weight is 353 g/mol. The molecule has 3 aromatic rings.